The highest BCUT2D eigenvalue weighted by atomic mass is 35.5. The highest BCUT2D eigenvalue weighted by Crippen LogP contribution is 2.28. The van der Waals surface area contributed by atoms with Crippen molar-refractivity contribution in [3.05, 3.63) is 48.1 Å². The molecule has 1 aliphatic rings. The number of carbonyl (C=O) groups excluding carboxylic acids is 1. The fraction of sp³-hybridized carbons (Fsp3) is 0.409. The smallest absolute Gasteiger partial charge is 0.243 e. The summed E-state index contributed by atoms with van der Waals surface area (Å²) in [5, 5.41) is 6.66. The van der Waals surface area contributed by atoms with E-state index in [1.807, 2.05) is 12.1 Å². The van der Waals surface area contributed by atoms with Gasteiger partial charge in [0.1, 0.15) is 5.02 Å². The van der Waals surface area contributed by atoms with Crippen molar-refractivity contribution in [3.8, 4) is 0 Å². The van der Waals surface area contributed by atoms with Gasteiger partial charge >= 0.3 is 0 Å². The molecule has 2 heterocycles. The second-order valence-corrected chi connectivity index (χ2v) is 8.31. The molecule has 8 nitrogen and oxygen atoms in total. The number of amides is 1. The molecule has 3 rings (SSSR count). The van der Waals surface area contributed by atoms with Gasteiger partial charge in [-0.2, -0.15) is 4.98 Å². The van der Waals surface area contributed by atoms with E-state index in [4.69, 9.17) is 11.6 Å². The van der Waals surface area contributed by atoms with Crippen LogP contribution in [0.15, 0.2) is 43.1 Å². The minimum atomic E-state index is -0.168. The normalized spacial score (nSPS) is 15.8. The van der Waals surface area contributed by atoms with E-state index in [0.717, 1.165) is 37.4 Å². The van der Waals surface area contributed by atoms with Crippen LogP contribution in [0, 0.1) is 0 Å². The second-order valence-electron chi connectivity index (χ2n) is 7.91. The van der Waals surface area contributed by atoms with Gasteiger partial charge in [-0.25, -0.2) is 4.98 Å². The lowest BCUT2D eigenvalue weighted by Gasteiger charge is -2.22. The Labute approximate surface area is 188 Å². The molecule has 2 N–H and O–H groups in total. The zero-order chi connectivity index (χ0) is 22.4. The average molecular weight is 444 g/mol. The van der Waals surface area contributed by atoms with Crippen molar-refractivity contribution in [2.45, 2.75) is 12.5 Å². The number of carbonyl (C=O) groups is 1. The van der Waals surface area contributed by atoms with Crippen molar-refractivity contribution in [2.75, 3.05) is 62.4 Å². The lowest BCUT2D eigenvalue weighted by Crippen LogP contribution is -2.36. The van der Waals surface area contributed by atoms with Crippen LogP contribution in [-0.4, -0.2) is 74.1 Å². The number of halogens is 1. The number of anilines is 4. The third kappa shape index (κ3) is 6.32. The number of likely N-dealkylation sites (N-methyl/N-ethyl adjacent to an activating group) is 2. The molecule has 0 radical (unpaired) electrons. The Morgan fingerprint density at radius 1 is 1.29 bits per heavy atom. The molecule has 1 saturated heterocycles. The minimum absolute atomic E-state index is 0.0463. The molecule has 1 amide bonds. The summed E-state index contributed by atoms with van der Waals surface area (Å²) in [7, 11) is 6.23. The number of benzene rings is 1. The number of aromatic nitrogens is 2. The van der Waals surface area contributed by atoms with E-state index in [0.29, 0.717) is 23.3 Å². The average Bonchev–Trinajstić information content (AvgIpc) is 3.21. The van der Waals surface area contributed by atoms with Gasteiger partial charge in [-0.15, -0.1) is 0 Å². The summed E-state index contributed by atoms with van der Waals surface area (Å²) >= 11 is 6.36. The molecule has 1 aliphatic heterocycles. The summed E-state index contributed by atoms with van der Waals surface area (Å²) in [5.41, 5.74) is 2.05. The second kappa shape index (κ2) is 10.5. The van der Waals surface area contributed by atoms with Gasteiger partial charge in [0.05, 0.1) is 6.20 Å². The van der Waals surface area contributed by atoms with Gasteiger partial charge in [0.25, 0.3) is 0 Å². The van der Waals surface area contributed by atoms with Crippen molar-refractivity contribution < 1.29 is 4.79 Å². The van der Waals surface area contributed by atoms with E-state index in [2.05, 4.69) is 75.2 Å². The molecule has 0 bridgehead atoms. The van der Waals surface area contributed by atoms with Crippen molar-refractivity contribution in [1.82, 2.24) is 20.2 Å². The topological polar surface area (TPSA) is 76.6 Å². The zero-order valence-corrected chi connectivity index (χ0v) is 19.1. The van der Waals surface area contributed by atoms with Crippen molar-refractivity contribution in [3.63, 3.8) is 0 Å². The van der Waals surface area contributed by atoms with Crippen molar-refractivity contribution >= 4 is 40.6 Å². The first-order chi connectivity index (χ1) is 14.9. The molecule has 1 atom stereocenters. The van der Waals surface area contributed by atoms with Gasteiger partial charge in [-0.3, -0.25) is 4.79 Å². The monoisotopic (exact) mass is 443 g/mol. The molecular formula is C22H30ClN7O. The van der Waals surface area contributed by atoms with Crippen LogP contribution >= 0.6 is 11.6 Å². The quantitative estimate of drug-likeness (QED) is 0.577. The number of hydrogen-bond acceptors (Lipinski definition) is 7. The summed E-state index contributed by atoms with van der Waals surface area (Å²) < 4.78 is 0. The van der Waals surface area contributed by atoms with Crippen LogP contribution in [0.25, 0.3) is 0 Å². The first-order valence-electron chi connectivity index (χ1n) is 10.3. The van der Waals surface area contributed by atoms with E-state index in [1.54, 1.807) is 6.20 Å². The Morgan fingerprint density at radius 2 is 2.03 bits per heavy atom. The van der Waals surface area contributed by atoms with Gasteiger partial charge in [0, 0.05) is 50.6 Å². The molecule has 166 valence electrons. The fourth-order valence-corrected chi connectivity index (χ4v) is 3.59. The van der Waals surface area contributed by atoms with E-state index in [1.165, 1.54) is 6.08 Å². The predicted molar refractivity (Wildman–Crippen MR) is 128 cm³/mol. The standard InChI is InChI=1S/C22H30ClN7O/c1-5-20(31)25-17-10-11-30(15-17)21-19(23)14-24-22(27-21)26-16-6-8-18(9-7-16)29(4)13-12-28(2)3/h5-9,14,17H,1,10-13,15H2,2-4H3,(H,25,31)(H,24,26,27)/t17-/m1/s1. The Bertz CT molecular complexity index is 903. The maximum absolute atomic E-state index is 11.6. The third-order valence-corrected chi connectivity index (χ3v) is 5.46. The third-order valence-electron chi connectivity index (χ3n) is 5.19. The maximum atomic E-state index is 11.6. The van der Waals surface area contributed by atoms with Crippen LogP contribution in [0.5, 0.6) is 0 Å². The molecule has 1 aromatic carbocycles. The zero-order valence-electron chi connectivity index (χ0n) is 18.3. The molecule has 0 aliphatic carbocycles. The van der Waals surface area contributed by atoms with Crippen molar-refractivity contribution in [2.24, 2.45) is 0 Å². The molecule has 9 heteroatoms. The Balaban J connectivity index is 1.64. The highest BCUT2D eigenvalue weighted by Gasteiger charge is 2.26. The molecule has 0 spiro atoms. The van der Waals surface area contributed by atoms with Crippen LogP contribution in [0.4, 0.5) is 23.1 Å². The Kier molecular flexibility index (Phi) is 7.70. The summed E-state index contributed by atoms with van der Waals surface area (Å²) in [6.07, 6.45) is 3.71. The summed E-state index contributed by atoms with van der Waals surface area (Å²) in [4.78, 5) is 26.9. The molecule has 31 heavy (non-hydrogen) atoms. The molecule has 0 unspecified atom stereocenters. The van der Waals surface area contributed by atoms with Gasteiger partial charge in [0.2, 0.25) is 11.9 Å². The number of rotatable bonds is 9. The lowest BCUT2D eigenvalue weighted by atomic mass is 10.2. The van der Waals surface area contributed by atoms with Crippen LogP contribution < -0.4 is 20.4 Å². The summed E-state index contributed by atoms with van der Waals surface area (Å²) in [6.45, 7) is 6.84. The Hall–Kier alpha value is -2.84. The summed E-state index contributed by atoms with van der Waals surface area (Å²) in [5.74, 6) is 0.972. The van der Waals surface area contributed by atoms with Gasteiger partial charge < -0.3 is 25.3 Å². The Morgan fingerprint density at radius 3 is 2.71 bits per heavy atom. The molecule has 0 saturated carbocycles. The first-order valence-corrected chi connectivity index (χ1v) is 10.7. The largest absolute Gasteiger partial charge is 0.373 e. The van der Waals surface area contributed by atoms with Gasteiger partial charge in [-0.1, -0.05) is 18.2 Å². The fourth-order valence-electron chi connectivity index (χ4n) is 3.38. The van der Waals surface area contributed by atoms with Crippen LogP contribution in [-0.2, 0) is 4.79 Å². The molecule has 1 aromatic heterocycles. The molecule has 1 fully saturated rings. The van der Waals surface area contributed by atoms with Crippen LogP contribution in [0.2, 0.25) is 5.02 Å². The van der Waals surface area contributed by atoms with Crippen molar-refractivity contribution in [1.29, 1.82) is 0 Å². The van der Waals surface area contributed by atoms with E-state index in [9.17, 15) is 4.79 Å². The number of nitrogens with zero attached hydrogens (tertiary/aromatic N) is 5. The predicted octanol–water partition coefficient (Wildman–Crippen LogP) is 2.75. The molecule has 2 aromatic rings. The number of nitrogens with one attached hydrogen (secondary N) is 2. The van der Waals surface area contributed by atoms with Gasteiger partial charge in [-0.05, 0) is 50.9 Å². The summed E-state index contributed by atoms with van der Waals surface area (Å²) in [6, 6.07) is 8.21. The maximum Gasteiger partial charge on any atom is 0.243 e. The van der Waals surface area contributed by atoms with Crippen LogP contribution in [0.1, 0.15) is 6.42 Å². The van der Waals surface area contributed by atoms with E-state index in [-0.39, 0.29) is 11.9 Å². The first kappa shape index (κ1) is 22.8. The van der Waals surface area contributed by atoms with Crippen LogP contribution in [0.3, 0.4) is 0 Å². The van der Waals surface area contributed by atoms with E-state index >= 15 is 0 Å². The number of hydrogen-bond donors (Lipinski definition) is 2. The van der Waals surface area contributed by atoms with Gasteiger partial charge in [0.15, 0.2) is 5.82 Å². The molecular weight excluding hydrogens is 414 g/mol. The van der Waals surface area contributed by atoms with E-state index < -0.39 is 0 Å². The minimum Gasteiger partial charge on any atom is -0.373 e. The SMILES string of the molecule is C=CC(=O)N[C@@H]1CCN(c2nc(Nc3ccc(N(C)CCN(C)C)cc3)ncc2Cl)C1. The highest BCUT2D eigenvalue weighted by molar-refractivity contribution is 6.32. The lowest BCUT2D eigenvalue weighted by molar-refractivity contribution is -0.117.